The summed E-state index contributed by atoms with van der Waals surface area (Å²) in [5, 5.41) is 0.869. The second-order valence-corrected chi connectivity index (χ2v) is 13.7. The molecule has 0 saturated carbocycles. The third kappa shape index (κ3) is 6.07. The fourth-order valence-electron chi connectivity index (χ4n) is 6.80. The number of cyclic esters (lactones) is 1. The number of aromatic nitrogens is 4. The summed E-state index contributed by atoms with van der Waals surface area (Å²) < 4.78 is 48.9. The van der Waals surface area contributed by atoms with Crippen molar-refractivity contribution in [3.05, 3.63) is 96.5 Å². The molecule has 6 unspecified atom stereocenters. The van der Waals surface area contributed by atoms with E-state index in [-0.39, 0.29) is 24.1 Å². The number of H-pyrrole nitrogens is 1. The quantitative estimate of drug-likeness (QED) is 0.124. The molecule has 0 bridgehead atoms. The number of pyridine rings is 2. The average molecular weight is 739 g/mol. The van der Waals surface area contributed by atoms with Crippen molar-refractivity contribution < 1.29 is 51.8 Å². The Hall–Kier alpha value is -5.26. The van der Waals surface area contributed by atoms with E-state index in [0.29, 0.717) is 16.9 Å². The molecule has 7 rings (SSSR count). The number of ether oxygens (including phenoxy) is 4. The van der Waals surface area contributed by atoms with Crippen molar-refractivity contribution in [2.75, 3.05) is 6.61 Å². The average Bonchev–Trinajstić information content (AvgIpc) is 3.60. The summed E-state index contributed by atoms with van der Waals surface area (Å²) in [6, 6.07) is 11.9. The Bertz CT molecular complexity index is 2390. The molecule has 0 amide bonds. The van der Waals surface area contributed by atoms with Crippen LogP contribution in [0.3, 0.4) is 0 Å². The van der Waals surface area contributed by atoms with Crippen molar-refractivity contribution in [3.63, 3.8) is 0 Å². The first kappa shape index (κ1) is 35.2. The van der Waals surface area contributed by atoms with Crippen LogP contribution in [0.5, 0.6) is 0 Å². The van der Waals surface area contributed by atoms with Crippen molar-refractivity contribution in [2.45, 2.75) is 70.5 Å². The third-order valence-corrected chi connectivity index (χ3v) is 10.1. The lowest BCUT2D eigenvalue weighted by molar-refractivity contribution is -0.171. The van der Waals surface area contributed by atoms with Gasteiger partial charge < -0.3 is 28.4 Å². The number of fused-ring (bicyclic) bond motifs is 5. The summed E-state index contributed by atoms with van der Waals surface area (Å²) in [6.45, 7) is 2.53. The first-order chi connectivity index (χ1) is 24.7. The maximum absolute atomic E-state index is 13.9. The smallest absolute Gasteiger partial charge is 0.458 e. The van der Waals surface area contributed by atoms with Crippen LogP contribution in [-0.2, 0) is 65.7 Å². The number of phosphoric acid groups is 1. The van der Waals surface area contributed by atoms with Crippen LogP contribution in [-0.4, -0.2) is 66.8 Å². The summed E-state index contributed by atoms with van der Waals surface area (Å²) in [5.41, 5.74) is -2.12. The van der Waals surface area contributed by atoms with Crippen LogP contribution in [0.2, 0.25) is 0 Å². The fraction of sp³-hybridized carbons (Fsp3) is 0.364. The molecule has 52 heavy (non-hydrogen) atoms. The van der Waals surface area contributed by atoms with Gasteiger partial charge in [0.15, 0.2) is 18.4 Å². The summed E-state index contributed by atoms with van der Waals surface area (Å²) in [6.07, 6.45) is -5.13. The summed E-state index contributed by atoms with van der Waals surface area (Å²) in [5.74, 6) is -2.75. The molecular formula is C33H31N4O14P. The highest BCUT2D eigenvalue weighted by molar-refractivity contribution is 7.47. The molecule has 4 aromatic rings. The largest absolute Gasteiger partial charge is 0.473 e. The Morgan fingerprint density at radius 3 is 2.52 bits per heavy atom. The van der Waals surface area contributed by atoms with E-state index in [9.17, 15) is 38.2 Å². The fourth-order valence-corrected chi connectivity index (χ4v) is 7.88. The SMILES string of the molecule is CCC1(OP(=O)(O)OCC2OC(n3ccc(=O)[nH]c3=O)C(OC(C)=O)C2OC(C)=O)C(=O)OCc2c1cc1n(c2=O)Cc2cc3ccccc3nc2-1. The van der Waals surface area contributed by atoms with Crippen LogP contribution in [0, 0.1) is 0 Å². The second kappa shape index (κ2) is 13.1. The van der Waals surface area contributed by atoms with Crippen LogP contribution < -0.4 is 16.8 Å². The Labute approximate surface area is 292 Å². The van der Waals surface area contributed by atoms with E-state index in [1.54, 1.807) is 0 Å². The van der Waals surface area contributed by atoms with Gasteiger partial charge in [0.1, 0.15) is 12.7 Å². The molecule has 0 spiro atoms. The van der Waals surface area contributed by atoms with Crippen LogP contribution in [0.15, 0.2) is 63.0 Å². The van der Waals surface area contributed by atoms with Crippen LogP contribution >= 0.6 is 7.82 Å². The molecule has 6 atom stereocenters. The molecule has 272 valence electrons. The molecule has 3 aliphatic heterocycles. The van der Waals surface area contributed by atoms with Gasteiger partial charge in [0, 0.05) is 42.6 Å². The Balaban J connectivity index is 1.21. The van der Waals surface area contributed by atoms with Crippen molar-refractivity contribution >= 4 is 36.6 Å². The Kier molecular flexibility index (Phi) is 8.83. The zero-order valence-electron chi connectivity index (χ0n) is 27.8. The van der Waals surface area contributed by atoms with Gasteiger partial charge in [-0.3, -0.25) is 37.8 Å². The van der Waals surface area contributed by atoms with Crippen molar-refractivity contribution in [1.29, 1.82) is 0 Å². The molecule has 3 aliphatic rings. The normalized spacial score (nSPS) is 24.3. The number of esters is 3. The first-order valence-electron chi connectivity index (χ1n) is 16.0. The van der Waals surface area contributed by atoms with Gasteiger partial charge in [-0.05, 0) is 24.6 Å². The molecule has 2 N–H and O–H groups in total. The Morgan fingerprint density at radius 2 is 1.81 bits per heavy atom. The summed E-state index contributed by atoms with van der Waals surface area (Å²) in [7, 11) is -5.31. The minimum atomic E-state index is -5.31. The van der Waals surface area contributed by atoms with Gasteiger partial charge >= 0.3 is 31.4 Å². The minimum absolute atomic E-state index is 0.00511. The monoisotopic (exact) mass is 738 g/mol. The van der Waals surface area contributed by atoms with E-state index in [2.05, 4.69) is 0 Å². The van der Waals surface area contributed by atoms with Gasteiger partial charge in [0.05, 0.1) is 35.6 Å². The standard InChI is InChI=1S/C33H31N4O14P/c1-4-33(21-12-23-26-19(11-18-7-5-6-8-22(18)34-26)13-37(23)29(41)20(21)14-46-31(33)42)51-52(44,45)47-15-24-27(48-16(2)38)28(49-17(3)39)30(50-24)36-10-9-25(40)35-32(36)43/h5-12,24,27-28,30H,4,13-15H2,1-3H3,(H,44,45)(H,35,40,43). The number of hydrogen-bond acceptors (Lipinski definition) is 14. The van der Waals surface area contributed by atoms with Crippen LogP contribution in [0.1, 0.15) is 50.1 Å². The first-order valence-corrected chi connectivity index (χ1v) is 17.5. The van der Waals surface area contributed by atoms with Gasteiger partial charge in [-0.25, -0.2) is 19.1 Å². The molecule has 19 heteroatoms. The summed E-state index contributed by atoms with van der Waals surface area (Å²) >= 11 is 0. The van der Waals surface area contributed by atoms with Gasteiger partial charge in [-0.2, -0.15) is 0 Å². The number of carbonyl (C=O) groups is 3. The second-order valence-electron chi connectivity index (χ2n) is 12.3. The number of hydrogen-bond donors (Lipinski definition) is 2. The minimum Gasteiger partial charge on any atom is -0.458 e. The predicted molar refractivity (Wildman–Crippen MR) is 176 cm³/mol. The highest BCUT2D eigenvalue weighted by Crippen LogP contribution is 2.54. The van der Waals surface area contributed by atoms with E-state index >= 15 is 0 Å². The number of nitrogens with zero attached hydrogens (tertiary/aromatic N) is 3. The van der Waals surface area contributed by atoms with E-state index in [0.717, 1.165) is 41.6 Å². The lowest BCUT2D eigenvalue weighted by atomic mass is 9.86. The van der Waals surface area contributed by atoms with Gasteiger partial charge in [0.25, 0.3) is 11.1 Å². The molecular weight excluding hydrogens is 707 g/mol. The molecule has 18 nitrogen and oxygen atoms in total. The number of phosphoric ester groups is 1. The number of para-hydroxylation sites is 1. The molecule has 3 aromatic heterocycles. The van der Waals surface area contributed by atoms with Gasteiger partial charge in [0.2, 0.25) is 5.60 Å². The van der Waals surface area contributed by atoms with Crippen LogP contribution in [0.4, 0.5) is 0 Å². The number of rotatable bonds is 9. The third-order valence-electron chi connectivity index (χ3n) is 9.07. The number of benzene rings is 1. The predicted octanol–water partition coefficient (Wildman–Crippen LogP) is 1.53. The zero-order chi connectivity index (χ0) is 37.1. The van der Waals surface area contributed by atoms with E-state index in [1.807, 2.05) is 35.3 Å². The van der Waals surface area contributed by atoms with Gasteiger partial charge in [-0.15, -0.1) is 0 Å². The van der Waals surface area contributed by atoms with Crippen molar-refractivity contribution in [2.24, 2.45) is 0 Å². The van der Waals surface area contributed by atoms with Crippen LogP contribution in [0.25, 0.3) is 22.3 Å². The van der Waals surface area contributed by atoms with E-state index in [1.165, 1.54) is 17.6 Å². The highest BCUT2D eigenvalue weighted by Gasteiger charge is 2.54. The topological polar surface area (TPSA) is 234 Å². The number of nitrogens with one attached hydrogen (secondary N) is 1. The maximum Gasteiger partial charge on any atom is 0.473 e. The molecule has 6 heterocycles. The molecule has 0 radical (unpaired) electrons. The number of carbonyl (C=O) groups excluding carboxylic acids is 3. The molecule has 1 fully saturated rings. The molecule has 1 aromatic carbocycles. The maximum atomic E-state index is 13.9. The summed E-state index contributed by atoms with van der Waals surface area (Å²) in [4.78, 5) is 93.7. The lowest BCUT2D eigenvalue weighted by Crippen LogP contribution is -2.46. The zero-order valence-corrected chi connectivity index (χ0v) is 28.7. The van der Waals surface area contributed by atoms with Crippen molar-refractivity contribution in [3.8, 4) is 11.4 Å². The molecule has 1 saturated heterocycles. The number of aromatic amines is 1. The van der Waals surface area contributed by atoms with Crippen molar-refractivity contribution in [1.82, 2.24) is 19.1 Å². The van der Waals surface area contributed by atoms with Gasteiger partial charge in [-0.1, -0.05) is 25.1 Å². The Morgan fingerprint density at radius 1 is 1.08 bits per heavy atom. The van der Waals surface area contributed by atoms with E-state index in [4.69, 9.17) is 33.0 Å². The molecule has 0 aliphatic carbocycles. The lowest BCUT2D eigenvalue weighted by Gasteiger charge is -2.36. The highest BCUT2D eigenvalue weighted by atomic mass is 31.2. The van der Waals surface area contributed by atoms with E-state index < -0.39 is 85.9 Å².